The topological polar surface area (TPSA) is 3.24 Å². The fraction of sp³-hybridized carbons (Fsp3) is 0.228. The molecule has 1 heteroatoms. The van der Waals surface area contributed by atoms with Gasteiger partial charge < -0.3 is 4.90 Å². The first kappa shape index (κ1) is 34.1. The van der Waals surface area contributed by atoms with Crippen molar-refractivity contribution in [2.75, 3.05) is 4.90 Å². The van der Waals surface area contributed by atoms with Crippen LogP contribution in [0.2, 0.25) is 0 Å². The number of hydrogen-bond donors (Lipinski definition) is 0. The predicted octanol–water partition coefficient (Wildman–Crippen LogP) is 15.9. The second-order valence-corrected chi connectivity index (χ2v) is 17.7. The second-order valence-electron chi connectivity index (χ2n) is 17.7. The van der Waals surface area contributed by atoms with E-state index in [1.54, 1.807) is 0 Å². The van der Waals surface area contributed by atoms with Crippen LogP contribution in [0.1, 0.15) is 109 Å². The van der Waals surface area contributed by atoms with E-state index in [-0.39, 0.29) is 0 Å². The van der Waals surface area contributed by atoms with Gasteiger partial charge in [-0.2, -0.15) is 0 Å². The Kier molecular flexibility index (Phi) is 8.00. The highest BCUT2D eigenvalue weighted by Gasteiger charge is 2.52. The Balaban J connectivity index is 1.05. The van der Waals surface area contributed by atoms with Crippen molar-refractivity contribution in [1.29, 1.82) is 0 Å². The standard InChI is InChI=1S/C57H49N/c1-3-13-38(14-4-1)40-23-28-45(29-24-40)58(46-30-25-41(26-31-46)39-15-5-2-6-16-39)47-32-34-48-44(35-47)27-33-51-52-36-42-17-7-8-18-43(42)37-55(52)57(56(48)51)53-21-11-9-19-49(53)50-20-10-12-22-54(50)57/h7-12,17-39H,1-6,13-16H2. The van der Waals surface area contributed by atoms with Crippen molar-refractivity contribution in [2.24, 2.45) is 0 Å². The van der Waals surface area contributed by atoms with Gasteiger partial charge in [-0.1, -0.05) is 154 Å². The van der Waals surface area contributed by atoms with Crippen molar-refractivity contribution >= 4 is 38.6 Å². The van der Waals surface area contributed by atoms with E-state index in [4.69, 9.17) is 0 Å². The third kappa shape index (κ3) is 5.15. The molecule has 8 aromatic rings. The Morgan fingerprint density at radius 1 is 0.362 bits per heavy atom. The molecule has 0 heterocycles. The Labute approximate surface area is 343 Å². The molecule has 0 saturated heterocycles. The SMILES string of the molecule is c1ccc2c(c1)-c1ccccc1C21c2cc3ccccc3cc2-c2ccc3cc(N(c4ccc(C5CCCCC5)cc4)c4ccc(C5CCCCC5)cc4)ccc3c21. The molecule has 8 aromatic carbocycles. The molecule has 0 amide bonds. The maximum Gasteiger partial charge on any atom is 0.0731 e. The zero-order valence-electron chi connectivity index (χ0n) is 33.3. The molecule has 0 unspecified atom stereocenters. The number of anilines is 3. The number of rotatable bonds is 5. The van der Waals surface area contributed by atoms with Crippen LogP contribution >= 0.6 is 0 Å². The molecule has 1 nitrogen and oxygen atoms in total. The van der Waals surface area contributed by atoms with Crippen molar-refractivity contribution in [3.63, 3.8) is 0 Å². The van der Waals surface area contributed by atoms with Gasteiger partial charge in [-0.15, -0.1) is 0 Å². The molecule has 0 radical (unpaired) electrons. The fourth-order valence-electron chi connectivity index (χ4n) is 11.9. The number of fused-ring (bicyclic) bond motifs is 13. The Bertz CT molecular complexity index is 2740. The van der Waals surface area contributed by atoms with E-state index in [1.165, 1.54) is 158 Å². The van der Waals surface area contributed by atoms with Crippen LogP contribution in [-0.4, -0.2) is 0 Å². The summed E-state index contributed by atoms with van der Waals surface area (Å²) in [4.78, 5) is 2.50. The minimum atomic E-state index is -0.410. The molecule has 58 heavy (non-hydrogen) atoms. The average Bonchev–Trinajstić information content (AvgIpc) is 3.76. The van der Waals surface area contributed by atoms with Crippen LogP contribution in [0.15, 0.2) is 164 Å². The molecule has 12 rings (SSSR count). The van der Waals surface area contributed by atoms with Crippen molar-refractivity contribution in [3.05, 3.63) is 197 Å². The molecule has 0 aromatic heterocycles. The van der Waals surface area contributed by atoms with Gasteiger partial charge in [0.25, 0.3) is 0 Å². The van der Waals surface area contributed by atoms with Crippen molar-refractivity contribution < 1.29 is 0 Å². The van der Waals surface area contributed by atoms with Crippen molar-refractivity contribution in [3.8, 4) is 22.3 Å². The van der Waals surface area contributed by atoms with E-state index in [0.29, 0.717) is 11.8 Å². The van der Waals surface area contributed by atoms with E-state index < -0.39 is 5.41 Å². The predicted molar refractivity (Wildman–Crippen MR) is 244 cm³/mol. The Morgan fingerprint density at radius 3 is 1.47 bits per heavy atom. The molecule has 2 saturated carbocycles. The molecule has 4 aliphatic carbocycles. The summed E-state index contributed by atoms with van der Waals surface area (Å²) in [5.41, 5.74) is 17.2. The van der Waals surface area contributed by atoms with Crippen LogP contribution < -0.4 is 4.90 Å². The van der Waals surface area contributed by atoms with E-state index >= 15 is 0 Å². The lowest BCUT2D eigenvalue weighted by atomic mass is 9.69. The molecule has 0 aliphatic heterocycles. The third-order valence-electron chi connectivity index (χ3n) is 14.6. The molecule has 4 aliphatic rings. The molecular formula is C57H49N. The van der Waals surface area contributed by atoms with E-state index in [0.717, 1.165) is 0 Å². The van der Waals surface area contributed by atoms with Crippen molar-refractivity contribution in [1.82, 2.24) is 0 Å². The first-order valence-electron chi connectivity index (χ1n) is 22.1. The number of benzene rings is 8. The number of nitrogens with zero attached hydrogens (tertiary/aromatic N) is 1. The van der Waals surface area contributed by atoms with E-state index in [2.05, 4.69) is 169 Å². The second kappa shape index (κ2) is 13.6. The highest BCUT2D eigenvalue weighted by atomic mass is 15.1. The quantitative estimate of drug-likeness (QED) is 0.169. The van der Waals surface area contributed by atoms with Crippen molar-refractivity contribution in [2.45, 2.75) is 81.5 Å². The van der Waals surface area contributed by atoms with E-state index in [1.807, 2.05) is 0 Å². The maximum absolute atomic E-state index is 2.50. The lowest BCUT2D eigenvalue weighted by Gasteiger charge is -2.32. The van der Waals surface area contributed by atoms with Gasteiger partial charge in [0, 0.05) is 17.1 Å². The smallest absolute Gasteiger partial charge is 0.0731 e. The largest absolute Gasteiger partial charge is 0.310 e. The lowest BCUT2D eigenvalue weighted by Crippen LogP contribution is -2.26. The lowest BCUT2D eigenvalue weighted by molar-refractivity contribution is 0.443. The van der Waals surface area contributed by atoms with Crippen LogP contribution in [0.4, 0.5) is 17.1 Å². The summed E-state index contributed by atoms with van der Waals surface area (Å²) in [6, 6.07) is 63.5. The van der Waals surface area contributed by atoms with Gasteiger partial charge in [0.2, 0.25) is 0 Å². The van der Waals surface area contributed by atoms with Gasteiger partial charge >= 0.3 is 0 Å². The normalized spacial score (nSPS) is 17.0. The van der Waals surface area contributed by atoms with E-state index in [9.17, 15) is 0 Å². The van der Waals surface area contributed by atoms with Gasteiger partial charge in [0.1, 0.15) is 0 Å². The first-order chi connectivity index (χ1) is 28.8. The molecular weight excluding hydrogens is 699 g/mol. The monoisotopic (exact) mass is 747 g/mol. The van der Waals surface area contributed by atoms with Crippen LogP contribution in [0.5, 0.6) is 0 Å². The van der Waals surface area contributed by atoms with Crippen LogP contribution in [-0.2, 0) is 5.41 Å². The molecule has 0 bridgehead atoms. The highest BCUT2D eigenvalue weighted by molar-refractivity contribution is 6.07. The highest BCUT2D eigenvalue weighted by Crippen LogP contribution is 2.64. The van der Waals surface area contributed by atoms with Gasteiger partial charge in [0.05, 0.1) is 5.41 Å². The maximum atomic E-state index is 2.50. The Hall–Kier alpha value is -5.92. The summed E-state index contributed by atoms with van der Waals surface area (Å²) in [5.74, 6) is 1.38. The van der Waals surface area contributed by atoms with Gasteiger partial charge in [-0.05, 0) is 163 Å². The molecule has 0 N–H and O–H groups in total. The van der Waals surface area contributed by atoms with Gasteiger partial charge in [-0.3, -0.25) is 0 Å². The van der Waals surface area contributed by atoms with Crippen LogP contribution in [0, 0.1) is 0 Å². The summed E-state index contributed by atoms with van der Waals surface area (Å²) >= 11 is 0. The fourth-order valence-corrected chi connectivity index (χ4v) is 11.9. The molecule has 0 atom stereocenters. The molecule has 282 valence electrons. The first-order valence-corrected chi connectivity index (χ1v) is 22.1. The van der Waals surface area contributed by atoms with Crippen LogP contribution in [0.3, 0.4) is 0 Å². The summed E-state index contributed by atoms with van der Waals surface area (Å²) < 4.78 is 0. The minimum Gasteiger partial charge on any atom is -0.310 e. The zero-order chi connectivity index (χ0) is 38.2. The summed E-state index contributed by atoms with van der Waals surface area (Å²) in [6.07, 6.45) is 13.4. The number of hydrogen-bond acceptors (Lipinski definition) is 1. The van der Waals surface area contributed by atoms with Gasteiger partial charge in [0.15, 0.2) is 0 Å². The van der Waals surface area contributed by atoms with Gasteiger partial charge in [-0.25, -0.2) is 0 Å². The zero-order valence-corrected chi connectivity index (χ0v) is 33.3. The molecule has 1 spiro atoms. The third-order valence-corrected chi connectivity index (χ3v) is 14.6. The summed E-state index contributed by atoms with van der Waals surface area (Å²) in [5, 5.41) is 5.19. The summed E-state index contributed by atoms with van der Waals surface area (Å²) in [6.45, 7) is 0. The van der Waals surface area contributed by atoms with Crippen LogP contribution in [0.25, 0.3) is 43.8 Å². The molecule has 2 fully saturated rings. The Morgan fingerprint density at radius 2 is 0.879 bits per heavy atom. The summed E-state index contributed by atoms with van der Waals surface area (Å²) in [7, 11) is 0. The average molecular weight is 748 g/mol. The minimum absolute atomic E-state index is 0.410.